The summed E-state index contributed by atoms with van der Waals surface area (Å²) in [7, 11) is 0. The van der Waals surface area contributed by atoms with Crippen LogP contribution in [-0.4, -0.2) is 46.3 Å². The summed E-state index contributed by atoms with van der Waals surface area (Å²) in [5, 5.41) is 20.9. The van der Waals surface area contributed by atoms with Crippen molar-refractivity contribution in [2.75, 3.05) is 13.1 Å². The van der Waals surface area contributed by atoms with E-state index in [0.29, 0.717) is 30.1 Å². The van der Waals surface area contributed by atoms with Crippen molar-refractivity contribution in [2.45, 2.75) is 96.7 Å². The molecule has 1 saturated carbocycles. The van der Waals surface area contributed by atoms with Crippen LogP contribution in [0.25, 0.3) is 0 Å². The Morgan fingerprint density at radius 2 is 2.07 bits per heavy atom. The number of nitrogens with zero attached hydrogens (tertiary/aromatic N) is 1. The van der Waals surface area contributed by atoms with Gasteiger partial charge in [0.1, 0.15) is 0 Å². The van der Waals surface area contributed by atoms with Gasteiger partial charge in [0.25, 0.3) is 0 Å². The fraction of sp³-hybridized carbons (Fsp3) is 0.808. The van der Waals surface area contributed by atoms with Gasteiger partial charge >= 0.3 is 0 Å². The first-order valence-electron chi connectivity index (χ1n) is 12.5. The lowest BCUT2D eigenvalue weighted by molar-refractivity contribution is -0.130. The zero-order valence-electron chi connectivity index (χ0n) is 19.1. The molecule has 1 heterocycles. The number of aliphatic hydroxyl groups is 2. The van der Waals surface area contributed by atoms with E-state index >= 15 is 0 Å². The van der Waals surface area contributed by atoms with Crippen LogP contribution in [0.2, 0.25) is 0 Å². The van der Waals surface area contributed by atoms with E-state index in [1.54, 1.807) is 0 Å². The Labute approximate surface area is 183 Å². The molecule has 3 aliphatic rings. The number of unbranched alkanes of at least 4 members (excludes halogenated alkanes) is 1. The van der Waals surface area contributed by atoms with Gasteiger partial charge in [0, 0.05) is 25.4 Å². The molecule has 2 aliphatic carbocycles. The second kappa shape index (κ2) is 11.5. The Balaban J connectivity index is 1.42. The summed E-state index contributed by atoms with van der Waals surface area (Å²) >= 11 is 0. The minimum absolute atomic E-state index is 0.149. The number of aliphatic hydroxyl groups excluding tert-OH is 2. The van der Waals surface area contributed by atoms with Crippen molar-refractivity contribution in [1.82, 2.24) is 4.90 Å². The van der Waals surface area contributed by atoms with Crippen molar-refractivity contribution in [1.29, 1.82) is 0 Å². The van der Waals surface area contributed by atoms with Crippen LogP contribution in [-0.2, 0) is 4.79 Å². The van der Waals surface area contributed by atoms with E-state index in [9.17, 15) is 15.0 Å². The average molecular weight is 418 g/mol. The molecule has 1 saturated heterocycles. The van der Waals surface area contributed by atoms with Crippen LogP contribution in [0.4, 0.5) is 0 Å². The maximum absolute atomic E-state index is 12.2. The van der Waals surface area contributed by atoms with Gasteiger partial charge in [0.15, 0.2) is 0 Å². The second-order valence-electron chi connectivity index (χ2n) is 10.1. The summed E-state index contributed by atoms with van der Waals surface area (Å²) in [4.78, 5) is 14.3. The molecule has 3 rings (SSSR count). The van der Waals surface area contributed by atoms with Crippen molar-refractivity contribution in [2.24, 2.45) is 23.7 Å². The lowest BCUT2D eigenvalue weighted by Crippen LogP contribution is -2.27. The van der Waals surface area contributed by atoms with Crippen LogP contribution in [0.15, 0.2) is 23.8 Å². The number of fused-ring (bicyclic) bond motifs is 1. The Morgan fingerprint density at radius 3 is 2.80 bits per heavy atom. The van der Waals surface area contributed by atoms with E-state index in [4.69, 9.17) is 0 Å². The second-order valence-corrected chi connectivity index (χ2v) is 10.1. The summed E-state index contributed by atoms with van der Waals surface area (Å²) in [5.41, 5.74) is 1.47. The zero-order valence-corrected chi connectivity index (χ0v) is 19.1. The monoisotopic (exact) mass is 417 g/mol. The molecule has 0 aromatic carbocycles. The third-order valence-corrected chi connectivity index (χ3v) is 7.55. The number of likely N-dealkylation sites (tertiary alicyclic amines) is 1. The normalized spacial score (nSPS) is 30.7. The molecular weight excluding hydrogens is 374 g/mol. The molecule has 0 aromatic heterocycles. The predicted octanol–water partition coefficient (Wildman–Crippen LogP) is 4.86. The summed E-state index contributed by atoms with van der Waals surface area (Å²) in [6, 6.07) is 0. The molecule has 4 heteroatoms. The predicted molar refractivity (Wildman–Crippen MR) is 122 cm³/mol. The molecular formula is C26H43NO3. The van der Waals surface area contributed by atoms with Crippen molar-refractivity contribution in [3.8, 4) is 0 Å². The average Bonchev–Trinajstić information content (AvgIpc) is 3.42. The van der Waals surface area contributed by atoms with Gasteiger partial charge in [0.05, 0.1) is 12.2 Å². The maximum atomic E-state index is 12.2. The number of carbonyl (C=O) groups excluding carboxylic acids is 1. The molecule has 2 fully saturated rings. The van der Waals surface area contributed by atoms with Gasteiger partial charge in [-0.05, 0) is 62.7 Å². The SMILES string of the molecule is CCCC[C@H](C)C[C@H](O)C=C[C@@H]1[C@H]2CC(CCCC(=O)N3CCCC3)=C[C@H]2C[C@H]1O. The Kier molecular flexibility index (Phi) is 9.00. The van der Waals surface area contributed by atoms with Crippen LogP contribution >= 0.6 is 0 Å². The number of carbonyl (C=O) groups is 1. The molecule has 4 nitrogen and oxygen atoms in total. The smallest absolute Gasteiger partial charge is 0.222 e. The topological polar surface area (TPSA) is 60.8 Å². The first-order valence-corrected chi connectivity index (χ1v) is 12.5. The molecule has 0 unspecified atom stereocenters. The van der Waals surface area contributed by atoms with E-state index in [2.05, 4.69) is 26.0 Å². The molecule has 6 atom stereocenters. The zero-order chi connectivity index (χ0) is 21.5. The van der Waals surface area contributed by atoms with E-state index in [1.165, 1.54) is 24.8 Å². The van der Waals surface area contributed by atoms with Gasteiger partial charge in [-0.1, -0.05) is 56.9 Å². The van der Waals surface area contributed by atoms with E-state index in [-0.39, 0.29) is 12.0 Å². The third-order valence-electron chi connectivity index (χ3n) is 7.55. The summed E-state index contributed by atoms with van der Waals surface area (Å²) in [5.74, 6) is 1.93. The minimum atomic E-state index is -0.409. The van der Waals surface area contributed by atoms with Gasteiger partial charge in [-0.15, -0.1) is 0 Å². The number of hydrogen-bond acceptors (Lipinski definition) is 3. The molecule has 170 valence electrons. The number of allylic oxidation sites excluding steroid dienone is 2. The fourth-order valence-corrected chi connectivity index (χ4v) is 5.80. The van der Waals surface area contributed by atoms with Crippen molar-refractivity contribution < 1.29 is 15.0 Å². The highest BCUT2D eigenvalue weighted by molar-refractivity contribution is 5.76. The summed E-state index contributed by atoms with van der Waals surface area (Å²) in [6.07, 6.45) is 16.9. The lowest BCUT2D eigenvalue weighted by Gasteiger charge is -2.20. The first-order chi connectivity index (χ1) is 14.5. The standard InChI is InChI=1S/C26H43NO3/c1-3-4-8-19(2)15-22(28)11-12-23-24-17-20(16-21(24)18-25(23)29)9-7-10-26(30)27-13-5-6-14-27/h11-12,16,19,21-25,28-29H,3-10,13-15,17-18H2,1-2H3/t19-,21-,22+,23+,24-,25+/m0/s1. The molecule has 0 bridgehead atoms. The van der Waals surface area contributed by atoms with Crippen LogP contribution < -0.4 is 0 Å². The van der Waals surface area contributed by atoms with Gasteiger partial charge in [-0.25, -0.2) is 0 Å². The summed E-state index contributed by atoms with van der Waals surface area (Å²) in [6.45, 7) is 6.31. The molecule has 0 aromatic rings. The number of amides is 1. The van der Waals surface area contributed by atoms with Crippen LogP contribution in [0.1, 0.15) is 84.5 Å². The van der Waals surface area contributed by atoms with Gasteiger partial charge in [-0.2, -0.15) is 0 Å². The van der Waals surface area contributed by atoms with Crippen LogP contribution in [0, 0.1) is 23.7 Å². The van der Waals surface area contributed by atoms with Gasteiger partial charge in [-0.3, -0.25) is 4.79 Å². The minimum Gasteiger partial charge on any atom is -0.392 e. The highest BCUT2D eigenvalue weighted by Gasteiger charge is 2.43. The lowest BCUT2D eigenvalue weighted by atomic mass is 9.88. The highest BCUT2D eigenvalue weighted by atomic mass is 16.3. The third kappa shape index (κ3) is 6.43. The number of hydrogen-bond donors (Lipinski definition) is 2. The first kappa shape index (κ1) is 23.5. The number of rotatable bonds is 11. The highest BCUT2D eigenvalue weighted by Crippen LogP contribution is 2.48. The molecule has 0 spiro atoms. The Bertz CT molecular complexity index is 607. The van der Waals surface area contributed by atoms with Gasteiger partial charge < -0.3 is 15.1 Å². The van der Waals surface area contributed by atoms with Gasteiger partial charge in [0.2, 0.25) is 5.91 Å². The van der Waals surface area contributed by atoms with Crippen molar-refractivity contribution in [3.63, 3.8) is 0 Å². The Hall–Kier alpha value is -1.13. The molecule has 1 amide bonds. The Morgan fingerprint density at radius 1 is 1.30 bits per heavy atom. The maximum Gasteiger partial charge on any atom is 0.222 e. The summed E-state index contributed by atoms with van der Waals surface area (Å²) < 4.78 is 0. The fourth-order valence-electron chi connectivity index (χ4n) is 5.80. The van der Waals surface area contributed by atoms with E-state index < -0.39 is 6.10 Å². The molecule has 0 radical (unpaired) electrons. The molecule has 30 heavy (non-hydrogen) atoms. The van der Waals surface area contributed by atoms with Crippen LogP contribution in [0.5, 0.6) is 0 Å². The van der Waals surface area contributed by atoms with Crippen LogP contribution in [0.3, 0.4) is 0 Å². The molecule has 1 aliphatic heterocycles. The quantitative estimate of drug-likeness (QED) is 0.472. The molecule has 2 N–H and O–H groups in total. The van der Waals surface area contributed by atoms with Crippen molar-refractivity contribution >= 4 is 5.91 Å². The van der Waals surface area contributed by atoms with Crippen molar-refractivity contribution in [3.05, 3.63) is 23.8 Å². The van der Waals surface area contributed by atoms with E-state index in [0.717, 1.165) is 58.0 Å². The van der Waals surface area contributed by atoms with E-state index in [1.807, 2.05) is 11.0 Å². The largest absolute Gasteiger partial charge is 0.392 e.